The monoisotopic (exact) mass is 426 g/mol. The van der Waals surface area contributed by atoms with Gasteiger partial charge in [-0.25, -0.2) is 0 Å². The number of allylic oxidation sites excluding steroid dienone is 2. The average Bonchev–Trinajstić information content (AvgIpc) is 2.78. The van der Waals surface area contributed by atoms with Gasteiger partial charge in [0.2, 0.25) is 5.96 Å². The second-order valence-corrected chi connectivity index (χ2v) is 6.93. The molecule has 4 aromatic carbocycles. The topological polar surface area (TPSA) is 76.8 Å². The number of fused-ring (bicyclic) bond motifs is 2. The Bertz CT molecular complexity index is 1220. The van der Waals surface area contributed by atoms with Gasteiger partial charge in [0, 0.05) is 0 Å². The molecule has 0 aromatic heterocycles. The first-order valence-corrected chi connectivity index (χ1v) is 9.68. The van der Waals surface area contributed by atoms with Crippen LogP contribution in [0, 0.1) is 0 Å². The highest BCUT2D eigenvalue weighted by molar-refractivity contribution is 6.09. The van der Waals surface area contributed by atoms with E-state index in [4.69, 9.17) is 11.5 Å². The van der Waals surface area contributed by atoms with Crippen molar-refractivity contribution in [1.82, 2.24) is 0 Å². The molecule has 4 nitrogen and oxygen atoms in total. The number of guanidine groups is 1. The number of benzene rings is 4. The molecule has 0 amide bonds. The van der Waals surface area contributed by atoms with Crippen LogP contribution in [0.2, 0.25) is 0 Å². The fraction of sp³-hybridized carbons (Fsp3) is 0. The van der Waals surface area contributed by atoms with Crippen LogP contribution in [0.1, 0.15) is 11.1 Å². The van der Waals surface area contributed by atoms with Gasteiger partial charge in [0.25, 0.3) is 0 Å². The Morgan fingerprint density at radius 1 is 0.581 bits per heavy atom. The van der Waals surface area contributed by atoms with Crippen molar-refractivity contribution in [1.29, 1.82) is 0 Å². The van der Waals surface area contributed by atoms with Gasteiger partial charge in [0.15, 0.2) is 0 Å². The lowest BCUT2D eigenvalue weighted by Gasteiger charge is -2.00. The Kier molecular flexibility index (Phi) is 7.20. The summed E-state index contributed by atoms with van der Waals surface area (Å²) < 4.78 is 0. The molecule has 31 heavy (non-hydrogen) atoms. The largest absolute Gasteiger partial charge is 0.369 e. The minimum absolute atomic E-state index is 0. The van der Waals surface area contributed by atoms with Crippen molar-refractivity contribution in [3.63, 3.8) is 0 Å². The third-order valence-corrected chi connectivity index (χ3v) is 4.72. The molecule has 5 heteroatoms. The molecule has 154 valence electrons. The first-order valence-electron chi connectivity index (χ1n) is 9.68. The molecular weight excluding hydrogens is 404 g/mol. The van der Waals surface area contributed by atoms with Crippen molar-refractivity contribution in [2.45, 2.75) is 0 Å². The van der Waals surface area contributed by atoms with Crippen LogP contribution in [0.3, 0.4) is 0 Å². The van der Waals surface area contributed by atoms with E-state index in [1.807, 2.05) is 48.6 Å². The minimum Gasteiger partial charge on any atom is -0.369 e. The van der Waals surface area contributed by atoms with E-state index in [1.54, 1.807) is 0 Å². The zero-order chi connectivity index (χ0) is 20.8. The highest BCUT2D eigenvalue weighted by Crippen LogP contribution is 2.18. The number of nitrogens with zero attached hydrogens (tertiary/aromatic N) is 2. The molecule has 0 radical (unpaired) electrons. The Labute approximate surface area is 187 Å². The second kappa shape index (κ2) is 10.2. The molecule has 0 fully saturated rings. The van der Waals surface area contributed by atoms with E-state index in [-0.39, 0.29) is 18.4 Å². The molecule has 0 spiro atoms. The fourth-order valence-electron chi connectivity index (χ4n) is 3.22. The van der Waals surface area contributed by atoms with Gasteiger partial charge in [-0.2, -0.15) is 0 Å². The van der Waals surface area contributed by atoms with Crippen LogP contribution in [0.25, 0.3) is 33.7 Å². The van der Waals surface area contributed by atoms with Crippen LogP contribution < -0.4 is 11.5 Å². The maximum absolute atomic E-state index is 5.45. The summed E-state index contributed by atoms with van der Waals surface area (Å²) in [6.07, 6.45) is 7.79. The van der Waals surface area contributed by atoms with E-state index in [9.17, 15) is 0 Å². The van der Waals surface area contributed by atoms with E-state index in [0.717, 1.165) is 11.1 Å². The number of halogens is 1. The predicted octanol–water partition coefficient (Wildman–Crippen LogP) is 5.77. The quantitative estimate of drug-likeness (QED) is 0.241. The summed E-state index contributed by atoms with van der Waals surface area (Å²) in [4.78, 5) is 0. The normalized spacial score (nSPS) is 11.0. The van der Waals surface area contributed by atoms with Gasteiger partial charge in [-0.15, -0.1) is 22.6 Å². The summed E-state index contributed by atoms with van der Waals surface area (Å²) in [7, 11) is 0. The molecule has 4 N–H and O–H groups in total. The predicted molar refractivity (Wildman–Crippen MR) is 136 cm³/mol. The number of nitrogens with two attached hydrogens (primary N) is 2. The first kappa shape index (κ1) is 21.8. The van der Waals surface area contributed by atoms with Crippen LogP contribution in [-0.4, -0.2) is 11.7 Å². The molecule has 0 atom stereocenters. The lowest BCUT2D eigenvalue weighted by atomic mass is 10.1. The molecule has 0 unspecified atom stereocenters. The van der Waals surface area contributed by atoms with Gasteiger partial charge < -0.3 is 11.5 Å². The third-order valence-electron chi connectivity index (χ3n) is 4.72. The molecular formula is C26H23ClN4. The highest BCUT2D eigenvalue weighted by atomic mass is 35.5. The van der Waals surface area contributed by atoms with Gasteiger partial charge in [0.05, 0.1) is 5.71 Å². The fourth-order valence-corrected chi connectivity index (χ4v) is 3.22. The zero-order valence-corrected chi connectivity index (χ0v) is 17.7. The van der Waals surface area contributed by atoms with Crippen molar-refractivity contribution < 1.29 is 0 Å². The highest BCUT2D eigenvalue weighted by Gasteiger charge is 1.96. The molecule has 0 saturated carbocycles. The van der Waals surface area contributed by atoms with E-state index in [0.29, 0.717) is 5.71 Å². The van der Waals surface area contributed by atoms with Crippen LogP contribution in [0.15, 0.2) is 107 Å². The maximum Gasteiger partial charge on any atom is 0.211 e. The Morgan fingerprint density at radius 3 is 1.48 bits per heavy atom. The maximum atomic E-state index is 5.45. The molecule has 0 aliphatic rings. The first-order chi connectivity index (χ1) is 14.7. The minimum atomic E-state index is -0.0780. The van der Waals surface area contributed by atoms with Gasteiger partial charge >= 0.3 is 0 Å². The number of rotatable bonds is 5. The lowest BCUT2D eigenvalue weighted by molar-refractivity contribution is 1.21. The summed E-state index contributed by atoms with van der Waals surface area (Å²) in [6, 6.07) is 29.2. The Morgan fingerprint density at radius 2 is 1.03 bits per heavy atom. The molecule has 0 heterocycles. The van der Waals surface area contributed by atoms with Crippen molar-refractivity contribution in [2.24, 2.45) is 21.7 Å². The SMILES string of the molecule is Cl.NC(N)=NN=C(/C=C/c1ccc2ccccc2c1)/C=C/c1ccc2ccccc2c1. The van der Waals surface area contributed by atoms with E-state index >= 15 is 0 Å². The standard InChI is InChI=1S/C26H22N4.ClH/c27-26(28)30-29-25(15-11-19-9-13-21-5-1-3-7-23(21)17-19)16-12-20-10-14-22-6-2-4-8-24(22)18-20;/h1-18H,(H4,27,28,30);1H/b15-11+,16-12+;. The van der Waals surface area contributed by atoms with Crippen LogP contribution in [0.5, 0.6) is 0 Å². The molecule has 0 bridgehead atoms. The Hall–Kier alpha value is -3.89. The molecule has 0 aliphatic heterocycles. The summed E-state index contributed by atoms with van der Waals surface area (Å²) in [5.41, 5.74) is 13.7. The van der Waals surface area contributed by atoms with Crippen molar-refractivity contribution in [2.75, 3.05) is 0 Å². The molecule has 0 aliphatic carbocycles. The van der Waals surface area contributed by atoms with Gasteiger partial charge in [-0.05, 0) is 57.0 Å². The van der Waals surface area contributed by atoms with Crippen LogP contribution >= 0.6 is 12.4 Å². The van der Waals surface area contributed by atoms with Crippen LogP contribution in [0.4, 0.5) is 0 Å². The lowest BCUT2D eigenvalue weighted by Crippen LogP contribution is -2.22. The average molecular weight is 427 g/mol. The summed E-state index contributed by atoms with van der Waals surface area (Å²) >= 11 is 0. The molecule has 4 aromatic rings. The number of hydrogen-bond acceptors (Lipinski definition) is 2. The van der Waals surface area contributed by atoms with Gasteiger partial charge in [-0.1, -0.05) is 84.9 Å². The van der Waals surface area contributed by atoms with Crippen LogP contribution in [-0.2, 0) is 0 Å². The van der Waals surface area contributed by atoms with E-state index in [2.05, 4.69) is 70.9 Å². The Balaban J connectivity index is 0.00000272. The smallest absolute Gasteiger partial charge is 0.211 e. The zero-order valence-electron chi connectivity index (χ0n) is 16.8. The number of hydrogen-bond donors (Lipinski definition) is 2. The summed E-state index contributed by atoms with van der Waals surface area (Å²) in [5, 5.41) is 12.8. The summed E-state index contributed by atoms with van der Waals surface area (Å²) in [5.74, 6) is -0.0780. The van der Waals surface area contributed by atoms with E-state index < -0.39 is 0 Å². The van der Waals surface area contributed by atoms with E-state index in [1.165, 1.54) is 21.5 Å². The van der Waals surface area contributed by atoms with Gasteiger partial charge in [0.1, 0.15) is 0 Å². The molecule has 4 rings (SSSR count). The second-order valence-electron chi connectivity index (χ2n) is 6.93. The van der Waals surface area contributed by atoms with Crippen molar-refractivity contribution >= 4 is 57.8 Å². The van der Waals surface area contributed by atoms with Crippen molar-refractivity contribution in [3.05, 3.63) is 108 Å². The third kappa shape index (κ3) is 5.81. The molecule has 0 saturated heterocycles. The van der Waals surface area contributed by atoms with Crippen molar-refractivity contribution in [3.8, 4) is 0 Å². The van der Waals surface area contributed by atoms with Gasteiger partial charge in [-0.3, -0.25) is 0 Å². The summed E-state index contributed by atoms with van der Waals surface area (Å²) in [6.45, 7) is 0.